The Balaban J connectivity index is 1.86. The molecule has 22 heavy (non-hydrogen) atoms. The van der Waals surface area contributed by atoms with Crippen LogP contribution in [0.25, 0.3) is 0 Å². The molecule has 0 amide bonds. The second kappa shape index (κ2) is 8.69. The van der Waals surface area contributed by atoms with Crippen molar-refractivity contribution in [2.45, 2.75) is 45.4 Å². The number of benzene rings is 2. The van der Waals surface area contributed by atoms with Crippen molar-refractivity contribution in [3.63, 3.8) is 0 Å². The quantitative estimate of drug-likeness (QED) is 0.810. The molecule has 0 aliphatic carbocycles. The smallest absolute Gasteiger partial charge is 0.109 e. The summed E-state index contributed by atoms with van der Waals surface area (Å²) in [6.45, 7) is 4.65. The number of aliphatic hydroxyl groups is 1. The van der Waals surface area contributed by atoms with Crippen molar-refractivity contribution in [3.05, 3.63) is 71.8 Å². The molecule has 0 spiro atoms. The lowest BCUT2D eigenvalue weighted by Gasteiger charge is -2.27. The van der Waals surface area contributed by atoms with Gasteiger partial charge in [0.2, 0.25) is 0 Å². The van der Waals surface area contributed by atoms with Gasteiger partial charge >= 0.3 is 0 Å². The maximum absolute atomic E-state index is 9.95. The van der Waals surface area contributed by atoms with Crippen LogP contribution in [0.3, 0.4) is 0 Å². The van der Waals surface area contributed by atoms with Gasteiger partial charge in [-0.1, -0.05) is 60.7 Å². The van der Waals surface area contributed by atoms with Gasteiger partial charge in [0, 0.05) is 0 Å². The molecule has 0 radical (unpaired) electrons. The number of aliphatic hydroxyl groups excluding tert-OH is 1. The van der Waals surface area contributed by atoms with Crippen molar-refractivity contribution in [2.24, 2.45) is 0 Å². The van der Waals surface area contributed by atoms with Gasteiger partial charge in [0.05, 0.1) is 25.4 Å². The summed E-state index contributed by atoms with van der Waals surface area (Å²) >= 11 is 0. The van der Waals surface area contributed by atoms with Crippen LogP contribution in [-0.4, -0.2) is 23.4 Å². The molecular weight excluding hydrogens is 276 g/mol. The summed E-state index contributed by atoms with van der Waals surface area (Å²) in [6.07, 6.45) is -1.14. The van der Waals surface area contributed by atoms with Crippen LogP contribution in [0.4, 0.5) is 0 Å². The standard InChI is InChI=1S/C19H24O3/c1-15(20)19(22-14-18-11-7-4-8-12-18)16(2)21-13-17-9-5-3-6-10-17/h3-12,15-16,19-20H,13-14H2,1-2H3/t15-,16-,19-/m1/s1. The van der Waals surface area contributed by atoms with Crippen molar-refractivity contribution >= 4 is 0 Å². The van der Waals surface area contributed by atoms with E-state index in [1.807, 2.05) is 67.6 Å². The molecule has 2 aromatic rings. The molecule has 2 rings (SSSR count). The Labute approximate surface area is 132 Å². The largest absolute Gasteiger partial charge is 0.391 e. The van der Waals surface area contributed by atoms with E-state index in [4.69, 9.17) is 9.47 Å². The summed E-state index contributed by atoms with van der Waals surface area (Å²) in [7, 11) is 0. The van der Waals surface area contributed by atoms with Crippen LogP contribution >= 0.6 is 0 Å². The molecule has 1 N–H and O–H groups in total. The molecule has 0 heterocycles. The Kier molecular flexibility index (Phi) is 6.59. The van der Waals surface area contributed by atoms with Crippen LogP contribution in [0, 0.1) is 0 Å². The summed E-state index contributed by atoms with van der Waals surface area (Å²) in [4.78, 5) is 0. The number of ether oxygens (including phenoxy) is 2. The summed E-state index contributed by atoms with van der Waals surface area (Å²) < 4.78 is 11.7. The zero-order valence-electron chi connectivity index (χ0n) is 13.2. The van der Waals surface area contributed by atoms with Crippen molar-refractivity contribution < 1.29 is 14.6 Å². The molecule has 0 bridgehead atoms. The fourth-order valence-electron chi connectivity index (χ4n) is 2.33. The highest BCUT2D eigenvalue weighted by molar-refractivity contribution is 5.14. The van der Waals surface area contributed by atoms with Crippen LogP contribution in [0.2, 0.25) is 0 Å². The van der Waals surface area contributed by atoms with Gasteiger partial charge in [-0.3, -0.25) is 0 Å². The minimum absolute atomic E-state index is 0.191. The average molecular weight is 300 g/mol. The Morgan fingerprint density at radius 3 is 1.68 bits per heavy atom. The molecule has 3 heteroatoms. The highest BCUT2D eigenvalue weighted by Gasteiger charge is 2.24. The van der Waals surface area contributed by atoms with E-state index in [0.29, 0.717) is 13.2 Å². The van der Waals surface area contributed by atoms with E-state index in [1.54, 1.807) is 6.92 Å². The van der Waals surface area contributed by atoms with Crippen LogP contribution in [0.15, 0.2) is 60.7 Å². The molecule has 0 saturated carbocycles. The van der Waals surface area contributed by atoms with E-state index in [2.05, 4.69) is 0 Å². The molecule has 0 aliphatic rings. The van der Waals surface area contributed by atoms with Gasteiger partial charge in [-0.15, -0.1) is 0 Å². The first-order chi connectivity index (χ1) is 10.7. The highest BCUT2D eigenvalue weighted by Crippen LogP contribution is 2.14. The molecule has 0 unspecified atom stereocenters. The van der Waals surface area contributed by atoms with E-state index in [-0.39, 0.29) is 12.2 Å². The number of rotatable bonds is 8. The van der Waals surface area contributed by atoms with Crippen molar-refractivity contribution in [1.29, 1.82) is 0 Å². The zero-order valence-corrected chi connectivity index (χ0v) is 13.2. The van der Waals surface area contributed by atoms with Gasteiger partial charge in [0.1, 0.15) is 6.10 Å². The van der Waals surface area contributed by atoms with Gasteiger partial charge < -0.3 is 14.6 Å². The van der Waals surface area contributed by atoms with Crippen LogP contribution in [0.5, 0.6) is 0 Å². The Hall–Kier alpha value is -1.68. The minimum atomic E-state index is -0.588. The second-order valence-electron chi connectivity index (χ2n) is 5.50. The summed E-state index contributed by atoms with van der Waals surface area (Å²) in [5.41, 5.74) is 2.20. The third kappa shape index (κ3) is 5.26. The molecule has 0 aromatic heterocycles. The predicted molar refractivity (Wildman–Crippen MR) is 87.4 cm³/mol. The third-order valence-electron chi connectivity index (χ3n) is 3.58. The first-order valence-corrected chi connectivity index (χ1v) is 7.66. The van der Waals surface area contributed by atoms with Gasteiger partial charge in [0.25, 0.3) is 0 Å². The van der Waals surface area contributed by atoms with Crippen molar-refractivity contribution in [3.8, 4) is 0 Å². The Morgan fingerprint density at radius 1 is 0.773 bits per heavy atom. The fourth-order valence-corrected chi connectivity index (χ4v) is 2.33. The normalized spacial score (nSPS) is 15.2. The predicted octanol–water partition coefficient (Wildman–Crippen LogP) is 3.56. The van der Waals surface area contributed by atoms with Gasteiger partial charge in [-0.05, 0) is 25.0 Å². The molecule has 0 aliphatic heterocycles. The van der Waals surface area contributed by atoms with E-state index < -0.39 is 6.10 Å². The summed E-state index contributed by atoms with van der Waals surface area (Å²) in [6, 6.07) is 19.9. The lowest BCUT2D eigenvalue weighted by Crippen LogP contribution is -2.38. The molecule has 3 atom stereocenters. The molecule has 2 aromatic carbocycles. The first kappa shape index (κ1) is 16.7. The minimum Gasteiger partial charge on any atom is -0.391 e. The molecule has 3 nitrogen and oxygen atoms in total. The van der Waals surface area contributed by atoms with Gasteiger partial charge in [-0.25, -0.2) is 0 Å². The van der Waals surface area contributed by atoms with Crippen LogP contribution in [-0.2, 0) is 22.7 Å². The van der Waals surface area contributed by atoms with E-state index in [9.17, 15) is 5.11 Å². The maximum atomic E-state index is 9.95. The lowest BCUT2D eigenvalue weighted by molar-refractivity contribution is -0.121. The molecular formula is C19H24O3. The maximum Gasteiger partial charge on any atom is 0.109 e. The average Bonchev–Trinajstić information content (AvgIpc) is 2.55. The van der Waals surface area contributed by atoms with Crippen LogP contribution < -0.4 is 0 Å². The summed E-state index contributed by atoms with van der Waals surface area (Å²) in [5, 5.41) is 9.95. The molecule has 0 saturated heterocycles. The van der Waals surface area contributed by atoms with E-state index in [0.717, 1.165) is 11.1 Å². The molecule has 118 valence electrons. The SMILES string of the molecule is C[C@@H](O)[C@@H](OCc1ccccc1)[C@@H](C)OCc1ccccc1. The Morgan fingerprint density at radius 2 is 1.23 bits per heavy atom. The zero-order chi connectivity index (χ0) is 15.8. The highest BCUT2D eigenvalue weighted by atomic mass is 16.5. The topological polar surface area (TPSA) is 38.7 Å². The lowest BCUT2D eigenvalue weighted by atomic mass is 10.1. The number of hydrogen-bond acceptors (Lipinski definition) is 3. The van der Waals surface area contributed by atoms with Gasteiger partial charge in [0.15, 0.2) is 0 Å². The first-order valence-electron chi connectivity index (χ1n) is 7.66. The fraction of sp³-hybridized carbons (Fsp3) is 0.368. The number of hydrogen-bond donors (Lipinski definition) is 1. The van der Waals surface area contributed by atoms with E-state index >= 15 is 0 Å². The Bertz CT molecular complexity index is 525. The van der Waals surface area contributed by atoms with Crippen molar-refractivity contribution in [1.82, 2.24) is 0 Å². The van der Waals surface area contributed by atoms with Crippen LogP contribution in [0.1, 0.15) is 25.0 Å². The summed E-state index contributed by atoms with van der Waals surface area (Å²) in [5.74, 6) is 0. The monoisotopic (exact) mass is 300 g/mol. The third-order valence-corrected chi connectivity index (χ3v) is 3.58. The van der Waals surface area contributed by atoms with Crippen molar-refractivity contribution in [2.75, 3.05) is 0 Å². The second-order valence-corrected chi connectivity index (χ2v) is 5.50. The van der Waals surface area contributed by atoms with E-state index in [1.165, 1.54) is 0 Å². The molecule has 0 fully saturated rings. The van der Waals surface area contributed by atoms with Gasteiger partial charge in [-0.2, -0.15) is 0 Å².